The third-order valence-corrected chi connectivity index (χ3v) is 3.52. The fourth-order valence-electron chi connectivity index (χ4n) is 1.77. The zero-order valence-corrected chi connectivity index (χ0v) is 12.3. The van der Waals surface area contributed by atoms with Crippen LogP contribution in [-0.4, -0.2) is 18.9 Å². The molecule has 0 fully saturated rings. The quantitative estimate of drug-likeness (QED) is 0.817. The minimum atomic E-state index is 0.0525. The van der Waals surface area contributed by atoms with Crippen molar-refractivity contribution in [3.63, 3.8) is 0 Å². The summed E-state index contributed by atoms with van der Waals surface area (Å²) in [5.41, 5.74) is 1.34. The van der Waals surface area contributed by atoms with E-state index in [4.69, 9.17) is 0 Å². The number of nitrogens with one attached hydrogen (secondary N) is 1. The van der Waals surface area contributed by atoms with E-state index in [2.05, 4.69) is 53.3 Å². The van der Waals surface area contributed by atoms with E-state index < -0.39 is 0 Å². The fraction of sp³-hybridized carbons (Fsp3) is 0.500. The summed E-state index contributed by atoms with van der Waals surface area (Å²) in [5, 5.41) is 3.34. The number of carbonyl (C=O) groups excluding carboxylic acids is 1. The molecule has 0 heterocycles. The lowest BCUT2D eigenvalue weighted by atomic mass is 9.84. The number of ketones is 1. The van der Waals surface area contributed by atoms with Gasteiger partial charge in [-0.05, 0) is 18.6 Å². The van der Waals surface area contributed by atoms with Crippen LogP contribution in [0.2, 0.25) is 0 Å². The molecule has 0 saturated carbocycles. The summed E-state index contributed by atoms with van der Waals surface area (Å²) < 4.78 is 1.14. The Morgan fingerprint density at radius 3 is 2.59 bits per heavy atom. The van der Waals surface area contributed by atoms with E-state index in [-0.39, 0.29) is 11.2 Å². The number of benzene rings is 1. The summed E-state index contributed by atoms with van der Waals surface area (Å²) in [6.45, 7) is 7.65. The van der Waals surface area contributed by atoms with Crippen molar-refractivity contribution in [3.05, 3.63) is 34.3 Å². The van der Waals surface area contributed by atoms with Crippen LogP contribution in [0.1, 0.15) is 32.8 Å². The SMILES string of the molecule is CC(=O)CCNCC(C)(C)c1ccccc1Br. The van der Waals surface area contributed by atoms with E-state index >= 15 is 0 Å². The normalized spacial score (nSPS) is 11.5. The van der Waals surface area contributed by atoms with Crippen molar-refractivity contribution in [1.29, 1.82) is 0 Å². The molecule has 0 amide bonds. The van der Waals surface area contributed by atoms with Crippen molar-refractivity contribution in [1.82, 2.24) is 5.32 Å². The molecule has 3 heteroatoms. The summed E-state index contributed by atoms with van der Waals surface area (Å²) in [5.74, 6) is 0.233. The molecule has 0 aliphatic rings. The van der Waals surface area contributed by atoms with Gasteiger partial charge in [-0.3, -0.25) is 4.79 Å². The molecule has 1 N–H and O–H groups in total. The number of Topliss-reactive ketones (excluding diaryl/α,β-unsaturated/α-hetero) is 1. The Bertz CT molecular complexity index is 388. The maximum absolute atomic E-state index is 10.8. The molecule has 0 bridgehead atoms. The van der Waals surface area contributed by atoms with E-state index in [0.29, 0.717) is 6.42 Å². The first kappa shape index (κ1) is 14.4. The van der Waals surface area contributed by atoms with Gasteiger partial charge in [0.2, 0.25) is 0 Å². The Balaban J connectivity index is 2.57. The molecule has 0 aliphatic heterocycles. The minimum absolute atomic E-state index is 0.0525. The number of halogens is 1. The molecule has 0 radical (unpaired) electrons. The monoisotopic (exact) mass is 297 g/mol. The number of hydrogen-bond donors (Lipinski definition) is 1. The van der Waals surface area contributed by atoms with Crippen molar-refractivity contribution in [2.24, 2.45) is 0 Å². The Morgan fingerprint density at radius 2 is 2.00 bits per heavy atom. The van der Waals surface area contributed by atoms with Gasteiger partial charge in [0.1, 0.15) is 5.78 Å². The largest absolute Gasteiger partial charge is 0.315 e. The van der Waals surface area contributed by atoms with Crippen molar-refractivity contribution >= 4 is 21.7 Å². The van der Waals surface area contributed by atoms with E-state index in [1.807, 2.05) is 6.07 Å². The van der Waals surface area contributed by atoms with Crippen LogP contribution in [0.4, 0.5) is 0 Å². The summed E-state index contributed by atoms with van der Waals surface area (Å²) in [7, 11) is 0. The third kappa shape index (κ3) is 4.60. The van der Waals surface area contributed by atoms with Gasteiger partial charge in [0.05, 0.1) is 0 Å². The molecule has 0 saturated heterocycles. The van der Waals surface area contributed by atoms with Crippen LogP contribution in [0.5, 0.6) is 0 Å². The lowest BCUT2D eigenvalue weighted by Gasteiger charge is -2.27. The van der Waals surface area contributed by atoms with Gasteiger partial charge in [-0.25, -0.2) is 0 Å². The Kier molecular flexibility index (Phi) is 5.34. The van der Waals surface area contributed by atoms with Gasteiger partial charge in [-0.15, -0.1) is 0 Å². The van der Waals surface area contributed by atoms with Gasteiger partial charge in [-0.2, -0.15) is 0 Å². The van der Waals surface area contributed by atoms with Gasteiger partial charge in [0.15, 0.2) is 0 Å². The highest BCUT2D eigenvalue weighted by molar-refractivity contribution is 9.10. The summed E-state index contributed by atoms with van der Waals surface area (Å²) in [6, 6.07) is 8.27. The third-order valence-electron chi connectivity index (χ3n) is 2.82. The van der Waals surface area contributed by atoms with Crippen molar-refractivity contribution in [2.45, 2.75) is 32.6 Å². The highest BCUT2D eigenvalue weighted by Gasteiger charge is 2.22. The van der Waals surface area contributed by atoms with Gasteiger partial charge < -0.3 is 5.32 Å². The smallest absolute Gasteiger partial charge is 0.131 e. The maximum atomic E-state index is 10.8. The van der Waals surface area contributed by atoms with E-state index in [1.54, 1.807) is 6.92 Å². The predicted octanol–water partition coefficient (Wildman–Crippen LogP) is 3.30. The van der Waals surface area contributed by atoms with Crippen LogP contribution in [-0.2, 0) is 10.2 Å². The molecule has 1 aromatic rings. The van der Waals surface area contributed by atoms with Crippen molar-refractivity contribution in [2.75, 3.05) is 13.1 Å². The number of carbonyl (C=O) groups is 1. The van der Waals surface area contributed by atoms with Crippen LogP contribution in [0.3, 0.4) is 0 Å². The van der Waals surface area contributed by atoms with Crippen LogP contribution < -0.4 is 5.32 Å². The minimum Gasteiger partial charge on any atom is -0.315 e. The lowest BCUT2D eigenvalue weighted by Crippen LogP contribution is -2.34. The van der Waals surface area contributed by atoms with E-state index in [1.165, 1.54) is 5.56 Å². The van der Waals surface area contributed by atoms with Crippen molar-refractivity contribution < 1.29 is 4.79 Å². The summed E-state index contributed by atoms with van der Waals surface area (Å²) in [6.07, 6.45) is 0.603. The lowest BCUT2D eigenvalue weighted by molar-refractivity contribution is -0.116. The first-order chi connectivity index (χ1) is 7.93. The topological polar surface area (TPSA) is 29.1 Å². The van der Waals surface area contributed by atoms with Crippen LogP contribution >= 0.6 is 15.9 Å². The van der Waals surface area contributed by atoms with Gasteiger partial charge >= 0.3 is 0 Å². The molecule has 1 rings (SSSR count). The van der Waals surface area contributed by atoms with Gasteiger partial charge in [0.25, 0.3) is 0 Å². The fourth-order valence-corrected chi connectivity index (χ4v) is 2.59. The second kappa shape index (κ2) is 6.31. The van der Waals surface area contributed by atoms with Gasteiger partial charge in [0, 0.05) is 29.4 Å². The molecule has 17 heavy (non-hydrogen) atoms. The molecule has 0 aromatic heterocycles. The number of hydrogen-bond acceptors (Lipinski definition) is 2. The Hall–Kier alpha value is -0.670. The molecule has 0 aliphatic carbocycles. The maximum Gasteiger partial charge on any atom is 0.131 e. The zero-order valence-electron chi connectivity index (χ0n) is 10.7. The van der Waals surface area contributed by atoms with Crippen LogP contribution in [0, 0.1) is 0 Å². The van der Waals surface area contributed by atoms with Gasteiger partial charge in [-0.1, -0.05) is 48.0 Å². The summed E-state index contributed by atoms with van der Waals surface area (Å²) in [4.78, 5) is 10.8. The molecule has 0 atom stereocenters. The predicted molar refractivity (Wildman–Crippen MR) is 75.3 cm³/mol. The first-order valence-corrected chi connectivity index (χ1v) is 6.68. The second-order valence-corrected chi connectivity index (χ2v) is 5.85. The molecule has 0 spiro atoms. The second-order valence-electron chi connectivity index (χ2n) is 4.99. The Labute approximate surface area is 112 Å². The highest BCUT2D eigenvalue weighted by Crippen LogP contribution is 2.29. The first-order valence-electron chi connectivity index (χ1n) is 5.88. The van der Waals surface area contributed by atoms with Crippen LogP contribution in [0.15, 0.2) is 28.7 Å². The van der Waals surface area contributed by atoms with Crippen LogP contribution in [0.25, 0.3) is 0 Å². The van der Waals surface area contributed by atoms with E-state index in [9.17, 15) is 4.79 Å². The number of rotatable bonds is 6. The zero-order chi connectivity index (χ0) is 12.9. The molecule has 94 valence electrons. The standard InChI is InChI=1S/C14H20BrNO/c1-11(17)8-9-16-10-14(2,3)12-6-4-5-7-13(12)15/h4-7,16H,8-10H2,1-3H3. The molecule has 1 aromatic carbocycles. The summed E-state index contributed by atoms with van der Waals surface area (Å²) >= 11 is 3.58. The average Bonchev–Trinajstić information content (AvgIpc) is 2.24. The van der Waals surface area contributed by atoms with E-state index in [0.717, 1.165) is 17.6 Å². The average molecular weight is 298 g/mol. The molecule has 2 nitrogen and oxygen atoms in total. The highest BCUT2D eigenvalue weighted by atomic mass is 79.9. The Morgan fingerprint density at radius 1 is 1.35 bits per heavy atom. The molecule has 0 unspecified atom stereocenters. The van der Waals surface area contributed by atoms with Crippen molar-refractivity contribution in [3.8, 4) is 0 Å². The molecular weight excluding hydrogens is 278 g/mol. The molecular formula is C14H20BrNO.